The van der Waals surface area contributed by atoms with Gasteiger partial charge in [-0.3, -0.25) is 4.79 Å². The summed E-state index contributed by atoms with van der Waals surface area (Å²) < 4.78 is 0. The van der Waals surface area contributed by atoms with Gasteiger partial charge in [-0.15, -0.1) is 0 Å². The second kappa shape index (κ2) is 9.41. The zero-order valence-electron chi connectivity index (χ0n) is 16.8. The third-order valence-corrected chi connectivity index (χ3v) is 5.42. The summed E-state index contributed by atoms with van der Waals surface area (Å²) in [5.41, 5.74) is 9.77. The summed E-state index contributed by atoms with van der Waals surface area (Å²) in [4.78, 5) is 26.1. The van der Waals surface area contributed by atoms with Crippen molar-refractivity contribution in [3.8, 4) is 0 Å². The molecule has 1 saturated heterocycles. The highest BCUT2D eigenvalue weighted by atomic mass is 16.4. The molecule has 5 heteroatoms. The summed E-state index contributed by atoms with van der Waals surface area (Å²) in [6.07, 6.45) is 6.40. The molecular weight excluding hydrogens is 364 g/mol. The van der Waals surface area contributed by atoms with Gasteiger partial charge in [0.05, 0.1) is 11.5 Å². The quantitative estimate of drug-likeness (QED) is 0.730. The maximum Gasteiger partial charge on any atom is 0.335 e. The third kappa shape index (κ3) is 4.67. The number of piperidine rings is 1. The molecule has 1 unspecified atom stereocenters. The van der Waals surface area contributed by atoms with Gasteiger partial charge in [0.15, 0.2) is 0 Å². The topological polar surface area (TPSA) is 83.6 Å². The second-order valence-electron chi connectivity index (χ2n) is 7.40. The fourth-order valence-electron chi connectivity index (χ4n) is 4.05. The lowest BCUT2D eigenvalue weighted by atomic mass is 9.84. The van der Waals surface area contributed by atoms with Crippen molar-refractivity contribution in [2.24, 2.45) is 5.73 Å². The number of allylic oxidation sites excluding steroid dienone is 1. The highest BCUT2D eigenvalue weighted by Gasteiger charge is 2.27. The van der Waals surface area contributed by atoms with Crippen molar-refractivity contribution >= 4 is 23.1 Å². The molecule has 1 atom stereocenters. The molecule has 5 nitrogen and oxygen atoms in total. The fraction of sp³-hybridized carbons (Fsp3) is 0.333. The van der Waals surface area contributed by atoms with E-state index in [1.165, 1.54) is 18.6 Å². The molecule has 0 spiro atoms. The number of carbonyl (C=O) groups excluding carboxylic acids is 1. The van der Waals surface area contributed by atoms with Crippen LogP contribution in [-0.2, 0) is 4.79 Å². The molecule has 2 aromatic carbocycles. The number of nitrogens with two attached hydrogens (primary N) is 1. The zero-order valence-corrected chi connectivity index (χ0v) is 16.8. The minimum atomic E-state index is -0.994. The number of carboxylic acids is 1. The molecule has 1 aliphatic heterocycles. The first-order chi connectivity index (χ1) is 14.0. The van der Waals surface area contributed by atoms with Crippen molar-refractivity contribution in [2.45, 2.75) is 38.5 Å². The Bertz CT molecular complexity index is 897. The Morgan fingerprint density at radius 1 is 1.07 bits per heavy atom. The Morgan fingerprint density at radius 3 is 2.31 bits per heavy atom. The number of primary amides is 1. The van der Waals surface area contributed by atoms with Crippen LogP contribution >= 0.6 is 0 Å². The van der Waals surface area contributed by atoms with Gasteiger partial charge >= 0.3 is 5.97 Å². The Morgan fingerprint density at radius 2 is 1.72 bits per heavy atom. The van der Waals surface area contributed by atoms with E-state index in [1.807, 2.05) is 25.1 Å². The van der Waals surface area contributed by atoms with E-state index in [0.29, 0.717) is 5.56 Å². The molecule has 1 aliphatic rings. The van der Waals surface area contributed by atoms with Gasteiger partial charge < -0.3 is 15.7 Å². The first-order valence-corrected chi connectivity index (χ1v) is 10.2. The van der Waals surface area contributed by atoms with Crippen LogP contribution in [0.3, 0.4) is 0 Å². The van der Waals surface area contributed by atoms with Crippen LogP contribution in [0.15, 0.2) is 54.6 Å². The largest absolute Gasteiger partial charge is 0.478 e. The van der Waals surface area contributed by atoms with E-state index >= 15 is 0 Å². The number of anilines is 1. The Hall–Kier alpha value is -3.08. The zero-order chi connectivity index (χ0) is 20.8. The van der Waals surface area contributed by atoms with Gasteiger partial charge in [0.25, 0.3) is 0 Å². The van der Waals surface area contributed by atoms with Gasteiger partial charge in [-0.25, -0.2) is 4.79 Å². The Balaban J connectivity index is 2.07. The number of hydrogen-bond donors (Lipinski definition) is 2. The molecule has 0 bridgehead atoms. The average molecular weight is 392 g/mol. The van der Waals surface area contributed by atoms with Gasteiger partial charge in [0.2, 0.25) is 5.91 Å². The maximum atomic E-state index is 12.5. The lowest BCUT2D eigenvalue weighted by Crippen LogP contribution is -2.31. The van der Waals surface area contributed by atoms with Crippen molar-refractivity contribution in [3.05, 3.63) is 71.3 Å². The summed E-state index contributed by atoms with van der Waals surface area (Å²) in [6.45, 7) is 4.05. The number of aromatic carboxylic acids is 1. The number of hydrogen-bond acceptors (Lipinski definition) is 3. The summed E-state index contributed by atoms with van der Waals surface area (Å²) in [6, 6.07) is 14.6. The lowest BCUT2D eigenvalue weighted by Gasteiger charge is -2.32. The molecule has 29 heavy (non-hydrogen) atoms. The van der Waals surface area contributed by atoms with Crippen LogP contribution in [0.2, 0.25) is 0 Å². The second-order valence-corrected chi connectivity index (χ2v) is 7.40. The van der Waals surface area contributed by atoms with Crippen molar-refractivity contribution in [1.29, 1.82) is 0 Å². The van der Waals surface area contributed by atoms with Crippen molar-refractivity contribution in [1.82, 2.24) is 0 Å². The normalized spacial score (nSPS) is 15.8. The number of amides is 1. The molecule has 1 heterocycles. The SMILES string of the molecule is CC/C=C(\c1ccccc1N1CCCCC1)C(C(N)=O)c1ccc(C(=O)O)cc1. The molecule has 2 aromatic rings. The van der Waals surface area contributed by atoms with E-state index in [1.54, 1.807) is 12.1 Å². The summed E-state index contributed by atoms with van der Waals surface area (Å²) in [5, 5.41) is 9.17. The minimum Gasteiger partial charge on any atom is -0.478 e. The van der Waals surface area contributed by atoms with Crippen LogP contribution in [0.25, 0.3) is 5.57 Å². The van der Waals surface area contributed by atoms with E-state index in [4.69, 9.17) is 10.8 Å². The van der Waals surface area contributed by atoms with Crippen molar-refractivity contribution in [3.63, 3.8) is 0 Å². The Labute approximate surface area is 171 Å². The van der Waals surface area contributed by atoms with E-state index < -0.39 is 17.8 Å². The van der Waals surface area contributed by atoms with E-state index in [0.717, 1.165) is 49.2 Å². The van der Waals surface area contributed by atoms with Gasteiger partial charge in [-0.2, -0.15) is 0 Å². The first-order valence-electron chi connectivity index (χ1n) is 10.2. The van der Waals surface area contributed by atoms with Crippen LogP contribution < -0.4 is 10.6 Å². The van der Waals surface area contributed by atoms with Crippen LogP contribution in [0, 0.1) is 0 Å². The highest BCUT2D eigenvalue weighted by molar-refractivity contribution is 5.98. The van der Waals surface area contributed by atoms with Crippen LogP contribution in [0.1, 0.15) is 60.0 Å². The number of para-hydroxylation sites is 1. The molecule has 0 aliphatic carbocycles. The number of nitrogens with zero attached hydrogens (tertiary/aromatic N) is 1. The lowest BCUT2D eigenvalue weighted by molar-refractivity contribution is -0.118. The molecule has 0 saturated carbocycles. The molecule has 0 aromatic heterocycles. The van der Waals surface area contributed by atoms with Crippen LogP contribution in [0.5, 0.6) is 0 Å². The first kappa shape index (κ1) is 20.6. The summed E-state index contributed by atoms with van der Waals surface area (Å²) >= 11 is 0. The predicted octanol–water partition coefficient (Wildman–Crippen LogP) is 4.44. The molecule has 1 amide bonds. The molecule has 1 fully saturated rings. The summed E-state index contributed by atoms with van der Waals surface area (Å²) in [7, 11) is 0. The van der Waals surface area contributed by atoms with Gasteiger partial charge in [-0.05, 0) is 55.0 Å². The maximum absolute atomic E-state index is 12.5. The molecule has 0 radical (unpaired) electrons. The number of carboxylic acid groups (broad SMARTS) is 1. The van der Waals surface area contributed by atoms with E-state index in [9.17, 15) is 9.59 Å². The third-order valence-electron chi connectivity index (χ3n) is 5.42. The van der Waals surface area contributed by atoms with Crippen LogP contribution in [-0.4, -0.2) is 30.1 Å². The molecule has 3 N–H and O–H groups in total. The smallest absolute Gasteiger partial charge is 0.335 e. The predicted molar refractivity (Wildman–Crippen MR) is 116 cm³/mol. The van der Waals surface area contributed by atoms with Crippen molar-refractivity contribution in [2.75, 3.05) is 18.0 Å². The standard InChI is InChI=1S/C24H28N2O3/c1-2-8-20(19-9-4-5-10-21(19)26-15-6-3-7-16-26)22(23(25)27)17-11-13-18(14-12-17)24(28)29/h4-5,8-14,22H,2-3,6-7,15-16H2,1H3,(H2,25,27)(H,28,29)/b20-8+. The highest BCUT2D eigenvalue weighted by Crippen LogP contribution is 2.38. The van der Waals surface area contributed by atoms with E-state index in [2.05, 4.69) is 17.0 Å². The monoisotopic (exact) mass is 392 g/mol. The number of rotatable bonds is 7. The minimum absolute atomic E-state index is 0.187. The van der Waals surface area contributed by atoms with Crippen LogP contribution in [0.4, 0.5) is 5.69 Å². The summed E-state index contributed by atoms with van der Waals surface area (Å²) in [5.74, 6) is -2.07. The van der Waals surface area contributed by atoms with Gasteiger partial charge in [0, 0.05) is 24.3 Å². The fourth-order valence-corrected chi connectivity index (χ4v) is 4.05. The van der Waals surface area contributed by atoms with E-state index in [-0.39, 0.29) is 5.56 Å². The van der Waals surface area contributed by atoms with Gasteiger partial charge in [-0.1, -0.05) is 43.3 Å². The number of carbonyl (C=O) groups is 2. The molecule has 3 rings (SSSR count). The molecular formula is C24H28N2O3. The number of benzene rings is 2. The Kier molecular flexibility index (Phi) is 6.70. The average Bonchev–Trinajstić information content (AvgIpc) is 2.74. The molecule has 152 valence electrons. The van der Waals surface area contributed by atoms with Crippen molar-refractivity contribution < 1.29 is 14.7 Å². The van der Waals surface area contributed by atoms with Gasteiger partial charge in [0.1, 0.15) is 0 Å².